The molecule has 0 spiro atoms. The number of halogens is 1. The van der Waals surface area contributed by atoms with Gasteiger partial charge in [0.2, 0.25) is 5.95 Å². The van der Waals surface area contributed by atoms with Crippen molar-refractivity contribution in [3.05, 3.63) is 54.1 Å². The molecule has 5 rings (SSSR count). The number of methoxy groups -OCH3 is 2. The number of ether oxygens (including phenoxy) is 4. The first-order chi connectivity index (χ1) is 30.4. The summed E-state index contributed by atoms with van der Waals surface area (Å²) >= 11 is 0. The minimum absolute atomic E-state index is 0.107. The summed E-state index contributed by atoms with van der Waals surface area (Å²) < 4.78 is 41.5. The Morgan fingerprint density at radius 3 is 2.23 bits per heavy atom. The van der Waals surface area contributed by atoms with Crippen LogP contribution in [0.3, 0.4) is 0 Å². The van der Waals surface area contributed by atoms with Gasteiger partial charge in [0.05, 0.1) is 41.6 Å². The number of esters is 1. The maximum atomic E-state index is 14.8. The molecule has 1 saturated carbocycles. The van der Waals surface area contributed by atoms with E-state index in [2.05, 4.69) is 39.2 Å². The number of Topliss-reactive ketones (excluding diaryl/α,β-unsaturated/α-hetero) is 1. The van der Waals surface area contributed by atoms with Gasteiger partial charge < -0.3 is 39.8 Å². The molecular weight excluding hydrogens is 822 g/mol. The maximum absolute atomic E-state index is 14.8. The van der Waals surface area contributed by atoms with E-state index in [1.807, 2.05) is 52.0 Å². The van der Waals surface area contributed by atoms with E-state index in [1.54, 1.807) is 58.3 Å². The van der Waals surface area contributed by atoms with Crippen LogP contribution in [0.5, 0.6) is 0 Å². The highest BCUT2D eigenvalue weighted by atomic mass is 19.1. The molecule has 64 heavy (non-hydrogen) atoms. The van der Waals surface area contributed by atoms with Crippen molar-refractivity contribution in [1.82, 2.24) is 29.9 Å². The average molecular weight is 896 g/mol. The van der Waals surface area contributed by atoms with Crippen LogP contribution < -0.4 is 5.73 Å². The molecule has 3 aromatic rings. The molecule has 0 bridgehead atoms. The number of likely N-dealkylation sites (N-methyl/N-ethyl adjacent to an activating group) is 1. The molecule has 0 radical (unpaired) electrons. The number of nitrogens with two attached hydrogens (primary N) is 1. The monoisotopic (exact) mass is 896 g/mol. The zero-order valence-electron chi connectivity index (χ0n) is 39.8. The summed E-state index contributed by atoms with van der Waals surface area (Å²) in [5.74, 6) is -3.30. The molecule has 16 heteroatoms. The number of aromatic nitrogens is 5. The van der Waals surface area contributed by atoms with Gasteiger partial charge in [-0.1, -0.05) is 71.0 Å². The molecular formula is C48H74FN7O8. The molecule has 1 saturated heterocycles. The summed E-state index contributed by atoms with van der Waals surface area (Å²) in [5.41, 5.74) is 7.83. The van der Waals surface area contributed by atoms with Crippen LogP contribution in [-0.2, 0) is 35.0 Å². The van der Waals surface area contributed by atoms with Gasteiger partial charge in [-0.25, -0.2) is 19.0 Å². The van der Waals surface area contributed by atoms with Crippen LogP contribution in [0.15, 0.2) is 42.9 Å². The number of rotatable bonds is 14. The van der Waals surface area contributed by atoms with E-state index < -0.39 is 84.4 Å². The summed E-state index contributed by atoms with van der Waals surface area (Å²) in [6.07, 6.45) is 4.55. The van der Waals surface area contributed by atoms with Gasteiger partial charge in [0, 0.05) is 81.1 Å². The lowest BCUT2D eigenvalue weighted by molar-refractivity contribution is -0.200. The van der Waals surface area contributed by atoms with Crippen molar-refractivity contribution >= 4 is 17.7 Å². The van der Waals surface area contributed by atoms with Gasteiger partial charge in [-0.2, -0.15) is 0 Å². The Morgan fingerprint density at radius 2 is 1.62 bits per heavy atom. The third kappa shape index (κ3) is 11.9. The van der Waals surface area contributed by atoms with Crippen LogP contribution in [-0.4, -0.2) is 128 Å². The Balaban J connectivity index is 1.29. The fraction of sp³-hybridized carbons (Fsp3) is 0.708. The summed E-state index contributed by atoms with van der Waals surface area (Å²) in [7, 11) is 5.24. The lowest BCUT2D eigenvalue weighted by atomic mass is 9.74. The first kappa shape index (κ1) is 51.1. The number of alkyl halides is 1. The molecule has 1 aromatic carbocycles. The van der Waals surface area contributed by atoms with Crippen LogP contribution in [0.4, 0.5) is 10.3 Å². The highest BCUT2D eigenvalue weighted by molar-refractivity contribution is 5.83. The van der Waals surface area contributed by atoms with Gasteiger partial charge >= 0.3 is 5.97 Å². The first-order valence-electron chi connectivity index (χ1n) is 23.0. The zero-order chi connectivity index (χ0) is 47.0. The highest BCUT2D eigenvalue weighted by Gasteiger charge is 2.48. The number of carbonyl (C=O) groups excluding carboxylic acids is 2. The number of ketones is 1. The smallest absolute Gasteiger partial charge is 0.311 e. The van der Waals surface area contributed by atoms with E-state index in [4.69, 9.17) is 24.7 Å². The van der Waals surface area contributed by atoms with Crippen LogP contribution >= 0.6 is 0 Å². The molecule has 3 heterocycles. The maximum Gasteiger partial charge on any atom is 0.311 e. The van der Waals surface area contributed by atoms with Crippen LogP contribution in [0, 0.1) is 35.5 Å². The molecule has 2 aromatic heterocycles. The van der Waals surface area contributed by atoms with Crippen molar-refractivity contribution < 1.29 is 43.1 Å². The van der Waals surface area contributed by atoms with Crippen LogP contribution in [0.1, 0.15) is 111 Å². The Hall–Kier alpha value is -3.93. The Bertz CT molecular complexity index is 1940. The zero-order valence-corrected chi connectivity index (χ0v) is 39.8. The van der Waals surface area contributed by atoms with Crippen molar-refractivity contribution in [3.8, 4) is 11.1 Å². The number of aliphatic hydroxyl groups excluding tert-OH is 2. The van der Waals surface area contributed by atoms with E-state index in [9.17, 15) is 24.2 Å². The molecule has 1 aliphatic carbocycles. The van der Waals surface area contributed by atoms with Gasteiger partial charge in [0.1, 0.15) is 30.7 Å². The van der Waals surface area contributed by atoms with Crippen molar-refractivity contribution in [2.45, 2.75) is 148 Å². The molecule has 1 aliphatic heterocycles. The minimum Gasteiger partial charge on any atom is -0.462 e. The normalized spacial score (nSPS) is 33.4. The third-order valence-electron chi connectivity index (χ3n) is 14.4. The summed E-state index contributed by atoms with van der Waals surface area (Å²) in [6.45, 7) is 14.9. The number of nitrogens with zero attached hydrogens (tertiary/aromatic N) is 6. The van der Waals surface area contributed by atoms with E-state index in [0.717, 1.165) is 35.2 Å². The second-order valence-electron chi connectivity index (χ2n) is 19.1. The highest BCUT2D eigenvalue weighted by Crippen LogP contribution is 2.40. The number of hydrogen-bond acceptors (Lipinski definition) is 14. The number of anilines is 1. The molecule has 4 N–H and O–H groups in total. The predicted molar refractivity (Wildman–Crippen MR) is 242 cm³/mol. The number of nitrogen functional groups attached to an aromatic ring is 1. The SMILES string of the molecule is CCC1OC(=O)C(C)[C@@H](O)[C@H](C)[C@@H](OC2CC(N(C)CCc3cn([C@H](CF)C(OC)c4ccc(-c5cnc(N)nc5)cc4)nn3)C[C@@H](C)C2)[C@](C)(OC)C[C@@H](C)C(=O)C(C)C(O)[C@H]1C. The summed E-state index contributed by atoms with van der Waals surface area (Å²) in [4.78, 5) is 37.9. The van der Waals surface area contributed by atoms with E-state index in [-0.39, 0.29) is 23.9 Å². The van der Waals surface area contributed by atoms with Crippen LogP contribution in [0.2, 0.25) is 0 Å². The lowest BCUT2D eigenvalue weighted by Crippen LogP contribution is -2.55. The summed E-state index contributed by atoms with van der Waals surface area (Å²) in [5, 5.41) is 32.0. The molecule has 15 atom stereocenters. The molecule has 2 aliphatic rings. The first-order valence-corrected chi connectivity index (χ1v) is 23.0. The second-order valence-corrected chi connectivity index (χ2v) is 19.1. The fourth-order valence-electron chi connectivity index (χ4n) is 10.1. The van der Waals surface area contributed by atoms with E-state index in [1.165, 1.54) is 0 Å². The van der Waals surface area contributed by atoms with Gasteiger partial charge in [0.25, 0.3) is 0 Å². The predicted octanol–water partition coefficient (Wildman–Crippen LogP) is 6.23. The number of benzene rings is 1. The molecule has 15 nitrogen and oxygen atoms in total. The summed E-state index contributed by atoms with van der Waals surface area (Å²) in [6, 6.07) is 7.03. The topological polar surface area (TPSA) is 197 Å². The standard InChI is InChI=1S/C48H74FN7O8/c1-12-40-29(4)42(58)30(5)41(57)28(3)22-48(8,62-11)45(31(6)43(59)32(7)46(60)64-40)63-38-20-27(2)19-37(21-38)55(9)18-17-36-26-56(54-53-36)39(23-49)44(61-10)34-15-13-33(14-16-34)35-24-51-47(50)52-25-35/h13-16,24-32,37-40,42-45,58-59H,12,17-23H2,1-11H3,(H2,50,51,52)/t27-,28-,29+,30?,31+,32?,37?,38?,39-,40?,42?,43+,44?,45-,48-/m1/s1. The van der Waals surface area contributed by atoms with Crippen LogP contribution in [0.25, 0.3) is 11.1 Å². The Morgan fingerprint density at radius 1 is 0.969 bits per heavy atom. The van der Waals surface area contributed by atoms with Crippen molar-refractivity contribution in [3.63, 3.8) is 0 Å². The van der Waals surface area contributed by atoms with Gasteiger partial charge in [-0.05, 0) is 70.0 Å². The largest absolute Gasteiger partial charge is 0.462 e. The Labute approximate surface area is 379 Å². The Kier molecular flexibility index (Phi) is 18.0. The lowest BCUT2D eigenvalue weighted by Gasteiger charge is -2.47. The van der Waals surface area contributed by atoms with E-state index >= 15 is 0 Å². The van der Waals surface area contributed by atoms with Gasteiger partial charge in [-0.3, -0.25) is 9.59 Å². The minimum atomic E-state index is -1.14. The fourth-order valence-corrected chi connectivity index (χ4v) is 10.1. The number of cyclic esters (lactones) is 1. The molecule has 7 unspecified atom stereocenters. The quantitative estimate of drug-likeness (QED) is 0.154. The second kappa shape index (κ2) is 22.5. The van der Waals surface area contributed by atoms with Crippen molar-refractivity contribution in [2.75, 3.05) is 40.2 Å². The molecule has 0 amide bonds. The molecule has 2 fully saturated rings. The van der Waals surface area contributed by atoms with Gasteiger partial charge in [-0.15, -0.1) is 5.10 Å². The molecule has 356 valence electrons. The number of hydrogen-bond donors (Lipinski definition) is 3. The average Bonchev–Trinajstić information content (AvgIpc) is 3.77. The van der Waals surface area contributed by atoms with Crippen molar-refractivity contribution in [2.24, 2.45) is 35.5 Å². The number of carbonyl (C=O) groups is 2. The van der Waals surface area contributed by atoms with E-state index in [0.29, 0.717) is 38.1 Å². The van der Waals surface area contributed by atoms with Crippen molar-refractivity contribution in [1.29, 1.82) is 0 Å². The number of aliphatic hydroxyl groups is 2. The third-order valence-corrected chi connectivity index (χ3v) is 14.4. The van der Waals surface area contributed by atoms with Gasteiger partial charge in [0.15, 0.2) is 0 Å².